The molecule has 6 nitrogen and oxygen atoms in total. The van der Waals surface area contributed by atoms with Crippen LogP contribution in [0, 0.1) is 0 Å². The SMILES string of the molecule is CNc1ccc(C(=O)NCCN(C)C2CCCC2)nn1. The fourth-order valence-corrected chi connectivity index (χ4v) is 2.55. The van der Waals surface area contributed by atoms with E-state index in [-0.39, 0.29) is 5.91 Å². The molecule has 20 heavy (non-hydrogen) atoms. The van der Waals surface area contributed by atoms with Gasteiger partial charge in [0.1, 0.15) is 5.82 Å². The van der Waals surface area contributed by atoms with E-state index < -0.39 is 0 Å². The van der Waals surface area contributed by atoms with Crippen molar-refractivity contribution in [2.24, 2.45) is 0 Å². The molecule has 0 unspecified atom stereocenters. The lowest BCUT2D eigenvalue weighted by atomic mass is 10.2. The van der Waals surface area contributed by atoms with Crippen molar-refractivity contribution in [1.82, 2.24) is 20.4 Å². The molecule has 2 rings (SSSR count). The van der Waals surface area contributed by atoms with Crippen LogP contribution < -0.4 is 10.6 Å². The summed E-state index contributed by atoms with van der Waals surface area (Å²) in [6.45, 7) is 1.51. The minimum Gasteiger partial charge on any atom is -0.372 e. The largest absolute Gasteiger partial charge is 0.372 e. The lowest BCUT2D eigenvalue weighted by Crippen LogP contribution is -2.37. The Morgan fingerprint density at radius 3 is 2.70 bits per heavy atom. The fourth-order valence-electron chi connectivity index (χ4n) is 2.55. The van der Waals surface area contributed by atoms with Crippen LogP contribution in [0.2, 0.25) is 0 Å². The summed E-state index contributed by atoms with van der Waals surface area (Å²) in [5.41, 5.74) is 0.354. The molecule has 0 bridgehead atoms. The molecule has 1 aromatic heterocycles. The topological polar surface area (TPSA) is 70.2 Å². The number of carbonyl (C=O) groups is 1. The molecule has 2 N–H and O–H groups in total. The van der Waals surface area contributed by atoms with Crippen LogP contribution in [0.1, 0.15) is 36.2 Å². The molecule has 0 radical (unpaired) electrons. The van der Waals surface area contributed by atoms with Crippen molar-refractivity contribution in [3.8, 4) is 0 Å². The zero-order valence-electron chi connectivity index (χ0n) is 12.2. The molecular formula is C14H23N5O. The molecule has 110 valence electrons. The molecule has 0 aliphatic heterocycles. The highest BCUT2D eigenvalue weighted by atomic mass is 16.1. The Morgan fingerprint density at radius 1 is 1.35 bits per heavy atom. The number of likely N-dealkylation sites (N-methyl/N-ethyl adjacent to an activating group) is 1. The lowest BCUT2D eigenvalue weighted by Gasteiger charge is -2.23. The van der Waals surface area contributed by atoms with Gasteiger partial charge in [-0.1, -0.05) is 12.8 Å². The second-order valence-corrected chi connectivity index (χ2v) is 5.23. The number of rotatable bonds is 6. The molecule has 1 aliphatic rings. The second kappa shape index (κ2) is 7.19. The number of anilines is 1. The van der Waals surface area contributed by atoms with Crippen LogP contribution in [0.3, 0.4) is 0 Å². The molecule has 0 spiro atoms. The highest BCUT2D eigenvalue weighted by Gasteiger charge is 2.19. The average molecular weight is 277 g/mol. The minimum absolute atomic E-state index is 0.167. The summed E-state index contributed by atoms with van der Waals surface area (Å²) in [4.78, 5) is 14.2. The maximum Gasteiger partial charge on any atom is 0.271 e. The van der Waals surface area contributed by atoms with E-state index >= 15 is 0 Å². The van der Waals surface area contributed by atoms with E-state index in [2.05, 4.69) is 32.8 Å². The fraction of sp³-hybridized carbons (Fsp3) is 0.643. The second-order valence-electron chi connectivity index (χ2n) is 5.23. The van der Waals surface area contributed by atoms with E-state index in [9.17, 15) is 4.79 Å². The summed E-state index contributed by atoms with van der Waals surface area (Å²) in [5, 5.41) is 13.5. The standard InChI is InChI=1S/C14H23N5O/c1-15-13-8-7-12(17-18-13)14(20)16-9-10-19(2)11-5-3-4-6-11/h7-8,11H,3-6,9-10H2,1-2H3,(H,15,18)(H,16,20). The van der Waals surface area contributed by atoms with Gasteiger partial charge >= 0.3 is 0 Å². The van der Waals surface area contributed by atoms with Crippen LogP contribution in [-0.4, -0.2) is 54.2 Å². The van der Waals surface area contributed by atoms with E-state index in [1.807, 2.05) is 0 Å². The van der Waals surface area contributed by atoms with Crippen LogP contribution in [0.4, 0.5) is 5.82 Å². The summed E-state index contributed by atoms with van der Waals surface area (Å²) in [6.07, 6.45) is 5.21. The van der Waals surface area contributed by atoms with Crippen molar-refractivity contribution in [3.63, 3.8) is 0 Å². The average Bonchev–Trinajstić information content (AvgIpc) is 3.01. The molecule has 1 amide bonds. The third-order valence-electron chi connectivity index (χ3n) is 3.85. The van der Waals surface area contributed by atoms with Gasteiger partial charge in [0.15, 0.2) is 5.69 Å². The lowest BCUT2D eigenvalue weighted by molar-refractivity contribution is 0.0941. The van der Waals surface area contributed by atoms with Gasteiger partial charge in [-0.25, -0.2) is 0 Å². The van der Waals surface area contributed by atoms with Crippen LogP contribution in [-0.2, 0) is 0 Å². The molecule has 0 atom stereocenters. The summed E-state index contributed by atoms with van der Waals surface area (Å²) in [7, 11) is 3.90. The minimum atomic E-state index is -0.167. The van der Waals surface area contributed by atoms with E-state index in [0.29, 0.717) is 24.1 Å². The molecule has 6 heteroatoms. The Bertz CT molecular complexity index is 428. The third-order valence-corrected chi connectivity index (χ3v) is 3.85. The molecule has 1 saturated carbocycles. The quantitative estimate of drug-likeness (QED) is 0.815. The Hall–Kier alpha value is -1.69. The molecule has 0 saturated heterocycles. The van der Waals surface area contributed by atoms with Gasteiger partial charge in [-0.15, -0.1) is 10.2 Å². The summed E-state index contributed by atoms with van der Waals surface area (Å²) >= 11 is 0. The first kappa shape index (κ1) is 14.7. The highest BCUT2D eigenvalue weighted by molar-refractivity contribution is 5.92. The van der Waals surface area contributed by atoms with E-state index in [1.165, 1.54) is 25.7 Å². The van der Waals surface area contributed by atoms with Gasteiger partial charge in [0.25, 0.3) is 5.91 Å². The van der Waals surface area contributed by atoms with Crippen LogP contribution >= 0.6 is 0 Å². The Labute approximate surface area is 120 Å². The number of carbonyl (C=O) groups excluding carboxylic acids is 1. The maximum absolute atomic E-state index is 11.9. The molecule has 0 aromatic carbocycles. The Kier molecular flexibility index (Phi) is 5.29. The van der Waals surface area contributed by atoms with Crippen molar-refractivity contribution in [2.45, 2.75) is 31.7 Å². The molecule has 1 aromatic rings. The van der Waals surface area contributed by atoms with Crippen molar-refractivity contribution in [3.05, 3.63) is 17.8 Å². The van der Waals surface area contributed by atoms with Gasteiger partial charge < -0.3 is 15.5 Å². The highest BCUT2D eigenvalue weighted by Crippen LogP contribution is 2.21. The summed E-state index contributed by atoms with van der Waals surface area (Å²) in [6, 6.07) is 4.10. The first-order valence-electron chi connectivity index (χ1n) is 7.20. The number of nitrogens with zero attached hydrogens (tertiary/aromatic N) is 3. The van der Waals surface area contributed by atoms with Crippen LogP contribution in [0.5, 0.6) is 0 Å². The smallest absolute Gasteiger partial charge is 0.271 e. The van der Waals surface area contributed by atoms with Gasteiger partial charge in [-0.3, -0.25) is 4.79 Å². The maximum atomic E-state index is 11.9. The van der Waals surface area contributed by atoms with Crippen LogP contribution in [0.15, 0.2) is 12.1 Å². The predicted molar refractivity (Wildman–Crippen MR) is 78.8 cm³/mol. The van der Waals surface area contributed by atoms with Gasteiger partial charge in [0.05, 0.1) is 0 Å². The van der Waals surface area contributed by atoms with Gasteiger partial charge in [0, 0.05) is 26.2 Å². The van der Waals surface area contributed by atoms with Crippen LogP contribution in [0.25, 0.3) is 0 Å². The van der Waals surface area contributed by atoms with E-state index in [4.69, 9.17) is 0 Å². The third kappa shape index (κ3) is 3.90. The number of hydrogen-bond donors (Lipinski definition) is 2. The van der Waals surface area contributed by atoms with Gasteiger partial charge in [0.2, 0.25) is 0 Å². The zero-order chi connectivity index (χ0) is 14.4. The number of hydrogen-bond acceptors (Lipinski definition) is 5. The van der Waals surface area contributed by atoms with Gasteiger partial charge in [-0.05, 0) is 32.0 Å². The summed E-state index contributed by atoms with van der Waals surface area (Å²) in [5.74, 6) is 0.488. The molecule has 1 fully saturated rings. The number of amides is 1. The Balaban J connectivity index is 1.73. The molecule has 1 aliphatic carbocycles. The van der Waals surface area contributed by atoms with Crippen molar-refractivity contribution in [2.75, 3.05) is 32.5 Å². The summed E-state index contributed by atoms with van der Waals surface area (Å²) < 4.78 is 0. The molecule has 1 heterocycles. The predicted octanol–water partition coefficient (Wildman–Crippen LogP) is 1.12. The first-order valence-corrected chi connectivity index (χ1v) is 7.20. The van der Waals surface area contributed by atoms with Crippen molar-refractivity contribution < 1.29 is 4.79 Å². The zero-order valence-corrected chi connectivity index (χ0v) is 12.2. The van der Waals surface area contributed by atoms with Crippen molar-refractivity contribution >= 4 is 11.7 Å². The molecular weight excluding hydrogens is 254 g/mol. The normalized spacial score (nSPS) is 15.6. The monoisotopic (exact) mass is 277 g/mol. The number of aromatic nitrogens is 2. The van der Waals surface area contributed by atoms with E-state index in [0.717, 1.165) is 6.54 Å². The Morgan fingerprint density at radius 2 is 2.10 bits per heavy atom. The number of nitrogens with one attached hydrogen (secondary N) is 2. The van der Waals surface area contributed by atoms with E-state index in [1.54, 1.807) is 19.2 Å². The first-order chi connectivity index (χ1) is 9.70. The van der Waals surface area contributed by atoms with Gasteiger partial charge in [-0.2, -0.15) is 0 Å². The van der Waals surface area contributed by atoms with Crippen molar-refractivity contribution in [1.29, 1.82) is 0 Å².